The van der Waals surface area contributed by atoms with Gasteiger partial charge < -0.3 is 9.47 Å². The SMILES string of the molecule is COc1ccc(C2=Cc3ccccc3C3C=C(c4ccc(OC)cc4)N(S(=O)(=O)c4ccc(C)cc4)N23)cc1. The second kappa shape index (κ2) is 9.67. The Morgan fingerprint density at radius 1 is 0.692 bits per heavy atom. The van der Waals surface area contributed by atoms with Crippen LogP contribution in [0.4, 0.5) is 0 Å². The van der Waals surface area contributed by atoms with E-state index in [0.29, 0.717) is 11.4 Å². The van der Waals surface area contributed by atoms with E-state index in [0.717, 1.165) is 39.3 Å². The predicted octanol–water partition coefficient (Wildman–Crippen LogP) is 6.53. The lowest BCUT2D eigenvalue weighted by Gasteiger charge is -2.40. The first-order chi connectivity index (χ1) is 18.9. The molecule has 1 unspecified atom stereocenters. The molecular weight excluding hydrogens is 508 g/mol. The zero-order chi connectivity index (χ0) is 27.1. The molecule has 6 nitrogen and oxygen atoms in total. The van der Waals surface area contributed by atoms with E-state index < -0.39 is 10.0 Å². The van der Waals surface area contributed by atoms with Gasteiger partial charge >= 0.3 is 0 Å². The zero-order valence-corrected chi connectivity index (χ0v) is 22.7. The molecule has 0 saturated heterocycles. The first-order valence-corrected chi connectivity index (χ1v) is 14.1. The van der Waals surface area contributed by atoms with Crippen molar-refractivity contribution in [2.75, 3.05) is 14.2 Å². The van der Waals surface area contributed by atoms with E-state index in [1.54, 1.807) is 26.4 Å². The van der Waals surface area contributed by atoms with Crippen LogP contribution in [0.3, 0.4) is 0 Å². The highest BCUT2D eigenvalue weighted by molar-refractivity contribution is 7.89. The molecule has 4 aromatic rings. The number of aryl methyl sites for hydroxylation is 1. The van der Waals surface area contributed by atoms with E-state index >= 15 is 0 Å². The summed E-state index contributed by atoms with van der Waals surface area (Å²) in [6.07, 6.45) is 4.08. The van der Waals surface area contributed by atoms with Gasteiger partial charge in [-0.15, -0.1) is 0 Å². The van der Waals surface area contributed by atoms with E-state index in [2.05, 4.69) is 18.2 Å². The van der Waals surface area contributed by atoms with Crippen LogP contribution in [0.5, 0.6) is 11.5 Å². The minimum absolute atomic E-state index is 0.223. The number of hydrazine groups is 1. The Kier molecular flexibility index (Phi) is 6.16. The van der Waals surface area contributed by atoms with Gasteiger partial charge in [-0.1, -0.05) is 42.0 Å². The standard InChI is InChI=1S/C32H28N2O4S/c1-22-8-18-28(19-9-22)39(35,36)34-31(24-12-16-27(38-3)17-13-24)21-32-29-7-5-4-6-25(29)20-30(33(32)34)23-10-14-26(37-2)15-11-23/h4-21,32H,1-3H3. The summed E-state index contributed by atoms with van der Waals surface area (Å²) < 4.78 is 41.1. The molecule has 0 N–H and O–H groups in total. The van der Waals surface area contributed by atoms with Crippen LogP contribution in [-0.4, -0.2) is 32.1 Å². The van der Waals surface area contributed by atoms with Gasteiger partial charge in [0.2, 0.25) is 0 Å². The van der Waals surface area contributed by atoms with Crippen molar-refractivity contribution >= 4 is 27.5 Å². The largest absolute Gasteiger partial charge is 0.497 e. The smallest absolute Gasteiger partial charge is 0.281 e. The molecule has 0 saturated carbocycles. The normalized spacial score (nSPS) is 16.2. The second-order valence-corrected chi connectivity index (χ2v) is 11.3. The molecule has 1 atom stereocenters. The number of rotatable bonds is 6. The van der Waals surface area contributed by atoms with Gasteiger partial charge in [0.05, 0.1) is 36.6 Å². The maximum absolute atomic E-state index is 14.5. The Labute approximate surface area is 229 Å². The molecule has 0 amide bonds. The summed E-state index contributed by atoms with van der Waals surface area (Å²) in [5.74, 6) is 1.43. The number of nitrogens with zero attached hydrogens (tertiary/aromatic N) is 2. The zero-order valence-electron chi connectivity index (χ0n) is 21.9. The van der Waals surface area contributed by atoms with Gasteiger partial charge in [0, 0.05) is 11.1 Å². The summed E-state index contributed by atoms with van der Waals surface area (Å²) >= 11 is 0. The van der Waals surface area contributed by atoms with Crippen molar-refractivity contribution in [3.8, 4) is 11.5 Å². The van der Waals surface area contributed by atoms with Crippen LogP contribution >= 0.6 is 0 Å². The molecule has 0 aromatic heterocycles. The quantitative estimate of drug-likeness (QED) is 0.281. The van der Waals surface area contributed by atoms with E-state index in [9.17, 15) is 8.42 Å². The van der Waals surface area contributed by atoms with Crippen LogP contribution in [0.1, 0.15) is 33.9 Å². The molecule has 6 rings (SSSR count). The highest BCUT2D eigenvalue weighted by atomic mass is 32.2. The molecule has 0 spiro atoms. The molecule has 2 aliphatic heterocycles. The summed E-state index contributed by atoms with van der Waals surface area (Å²) in [6, 6.07) is 29.9. The van der Waals surface area contributed by atoms with Crippen molar-refractivity contribution in [2.24, 2.45) is 0 Å². The van der Waals surface area contributed by atoms with Crippen LogP contribution in [-0.2, 0) is 10.0 Å². The summed E-state index contributed by atoms with van der Waals surface area (Å²) in [5.41, 5.74) is 6.07. The van der Waals surface area contributed by atoms with Crippen LogP contribution in [0.15, 0.2) is 108 Å². The highest BCUT2D eigenvalue weighted by Gasteiger charge is 2.45. The topological polar surface area (TPSA) is 59.1 Å². The van der Waals surface area contributed by atoms with E-state index in [1.807, 2.05) is 90.8 Å². The summed E-state index contributed by atoms with van der Waals surface area (Å²) in [5, 5.41) is 1.89. The minimum Gasteiger partial charge on any atom is -0.497 e. The van der Waals surface area contributed by atoms with Crippen molar-refractivity contribution in [3.05, 3.63) is 131 Å². The Morgan fingerprint density at radius 3 is 1.85 bits per heavy atom. The fraction of sp³-hybridized carbons (Fsp3) is 0.125. The number of sulfonamides is 1. The van der Waals surface area contributed by atoms with Crippen molar-refractivity contribution in [3.63, 3.8) is 0 Å². The van der Waals surface area contributed by atoms with Gasteiger partial charge in [0.1, 0.15) is 11.5 Å². The number of hydrogen-bond donors (Lipinski definition) is 0. The maximum Gasteiger partial charge on any atom is 0.281 e. The predicted molar refractivity (Wildman–Crippen MR) is 153 cm³/mol. The average Bonchev–Trinajstić information content (AvgIpc) is 3.39. The van der Waals surface area contributed by atoms with Crippen LogP contribution in [0, 0.1) is 6.92 Å². The van der Waals surface area contributed by atoms with Crippen LogP contribution in [0.25, 0.3) is 17.5 Å². The molecule has 39 heavy (non-hydrogen) atoms. The van der Waals surface area contributed by atoms with Gasteiger partial charge in [-0.2, -0.15) is 12.8 Å². The summed E-state index contributed by atoms with van der Waals surface area (Å²) in [4.78, 5) is 0.223. The summed E-state index contributed by atoms with van der Waals surface area (Å²) in [7, 11) is -0.761. The number of fused-ring (bicyclic) bond motifs is 3. The van der Waals surface area contributed by atoms with Gasteiger partial charge in [0.25, 0.3) is 10.0 Å². The lowest BCUT2D eigenvalue weighted by molar-refractivity contribution is 0.188. The van der Waals surface area contributed by atoms with Crippen molar-refractivity contribution in [1.29, 1.82) is 0 Å². The number of hydrogen-bond acceptors (Lipinski definition) is 5. The van der Waals surface area contributed by atoms with Gasteiger partial charge in [-0.05, 0) is 90.9 Å². The lowest BCUT2D eigenvalue weighted by atomic mass is 9.93. The molecule has 2 aliphatic rings. The average molecular weight is 537 g/mol. The lowest BCUT2D eigenvalue weighted by Crippen LogP contribution is -2.42. The molecule has 2 heterocycles. The molecule has 0 aliphatic carbocycles. The first kappa shape index (κ1) is 24.8. The fourth-order valence-corrected chi connectivity index (χ4v) is 6.63. The second-order valence-electron chi connectivity index (χ2n) is 9.52. The molecule has 0 radical (unpaired) electrons. The Morgan fingerprint density at radius 2 is 1.26 bits per heavy atom. The minimum atomic E-state index is -4.00. The Bertz CT molecular complexity index is 1690. The van der Waals surface area contributed by atoms with Crippen molar-refractivity contribution < 1.29 is 17.9 Å². The number of ether oxygens (including phenoxy) is 2. The molecule has 4 aromatic carbocycles. The molecule has 196 valence electrons. The van der Waals surface area contributed by atoms with Gasteiger partial charge in [0.15, 0.2) is 0 Å². The third-order valence-corrected chi connectivity index (χ3v) is 8.85. The number of methoxy groups -OCH3 is 2. The van der Waals surface area contributed by atoms with E-state index in [4.69, 9.17) is 9.47 Å². The Hall–Kier alpha value is -4.49. The van der Waals surface area contributed by atoms with Crippen molar-refractivity contribution in [1.82, 2.24) is 9.42 Å². The van der Waals surface area contributed by atoms with Gasteiger partial charge in [-0.3, -0.25) is 5.01 Å². The maximum atomic E-state index is 14.5. The van der Waals surface area contributed by atoms with Gasteiger partial charge in [-0.25, -0.2) is 0 Å². The Balaban J connectivity index is 1.58. The van der Waals surface area contributed by atoms with Crippen LogP contribution < -0.4 is 9.47 Å². The summed E-state index contributed by atoms with van der Waals surface area (Å²) in [6.45, 7) is 1.94. The molecular formula is C32H28N2O4S. The van der Waals surface area contributed by atoms with E-state index in [1.165, 1.54) is 4.41 Å². The van der Waals surface area contributed by atoms with Crippen LogP contribution in [0.2, 0.25) is 0 Å². The highest BCUT2D eigenvalue weighted by Crippen LogP contribution is 2.50. The molecule has 0 bridgehead atoms. The van der Waals surface area contributed by atoms with E-state index in [-0.39, 0.29) is 10.9 Å². The third kappa shape index (κ3) is 4.25. The van der Waals surface area contributed by atoms with Crippen molar-refractivity contribution in [2.45, 2.75) is 17.9 Å². The molecule has 7 heteroatoms. The first-order valence-electron chi connectivity index (χ1n) is 12.6. The monoisotopic (exact) mass is 536 g/mol. The third-order valence-electron chi connectivity index (χ3n) is 7.15. The number of benzene rings is 4. The molecule has 0 fully saturated rings. The fourth-order valence-electron chi connectivity index (χ4n) is 5.11.